The van der Waals surface area contributed by atoms with Gasteiger partial charge in [-0.25, -0.2) is 0 Å². The maximum Gasteiger partial charge on any atom is 0.239 e. The molecule has 0 aliphatic rings. The second-order valence-corrected chi connectivity index (χ2v) is 2.58. The van der Waals surface area contributed by atoms with Gasteiger partial charge in [-0.15, -0.1) is 18.0 Å². The molecule has 0 spiro atoms. The van der Waals surface area contributed by atoms with Crippen LogP contribution < -0.4 is 5.32 Å². The molecule has 0 saturated heterocycles. The van der Waals surface area contributed by atoms with E-state index in [4.69, 9.17) is 18.0 Å². The van der Waals surface area contributed by atoms with Crippen molar-refractivity contribution in [3.05, 3.63) is 12.4 Å². The molecule has 0 fully saturated rings. The van der Waals surface area contributed by atoms with E-state index in [1.54, 1.807) is 10.9 Å². The van der Waals surface area contributed by atoms with Crippen molar-refractivity contribution < 1.29 is 4.79 Å². The van der Waals surface area contributed by atoms with Gasteiger partial charge in [0.25, 0.3) is 0 Å². The number of carbonyl (C=O) groups excluding carboxylic acids is 1. The number of amides is 1. The second-order valence-electron chi connectivity index (χ2n) is 2.31. The standard InChI is InChI=1S/C8H8ClN3O/c1-2-3-12-6-7(5-10-12)11-8(13)4-9/h1,5-6H,3-4H2,(H,11,13). The lowest BCUT2D eigenvalue weighted by Crippen LogP contribution is -2.11. The number of terminal acetylenes is 1. The molecule has 0 atom stereocenters. The van der Waals surface area contributed by atoms with E-state index >= 15 is 0 Å². The molecule has 1 rings (SSSR count). The smallest absolute Gasteiger partial charge is 0.239 e. The summed E-state index contributed by atoms with van der Waals surface area (Å²) in [6.45, 7) is 0.386. The average Bonchev–Trinajstić information content (AvgIpc) is 2.53. The molecule has 1 heterocycles. The van der Waals surface area contributed by atoms with Crippen molar-refractivity contribution in [3.63, 3.8) is 0 Å². The second kappa shape index (κ2) is 4.53. The Balaban J connectivity index is 2.59. The SMILES string of the molecule is C#CCn1cc(NC(=O)CCl)cn1. The molecule has 13 heavy (non-hydrogen) atoms. The summed E-state index contributed by atoms with van der Waals surface area (Å²) in [5.74, 6) is 2.10. The van der Waals surface area contributed by atoms with Crippen LogP contribution in [0, 0.1) is 12.3 Å². The fourth-order valence-electron chi connectivity index (χ4n) is 0.803. The fourth-order valence-corrected chi connectivity index (χ4v) is 0.869. The molecule has 1 aromatic heterocycles. The van der Waals surface area contributed by atoms with Crippen LogP contribution in [0.5, 0.6) is 0 Å². The van der Waals surface area contributed by atoms with Crippen molar-refractivity contribution in [2.45, 2.75) is 6.54 Å². The minimum atomic E-state index is -0.262. The first-order chi connectivity index (χ1) is 6.26. The Morgan fingerprint density at radius 3 is 3.23 bits per heavy atom. The molecule has 0 unspecified atom stereocenters. The van der Waals surface area contributed by atoms with Gasteiger partial charge in [0.15, 0.2) is 0 Å². The number of hydrogen-bond donors (Lipinski definition) is 1. The molecule has 0 aliphatic carbocycles. The molecule has 4 nitrogen and oxygen atoms in total. The summed E-state index contributed by atoms with van der Waals surface area (Å²) in [4.78, 5) is 10.8. The number of alkyl halides is 1. The molecule has 0 aliphatic heterocycles. The van der Waals surface area contributed by atoms with E-state index in [0.717, 1.165) is 0 Å². The molecule has 68 valence electrons. The highest BCUT2D eigenvalue weighted by Gasteiger charge is 2.01. The molecule has 1 N–H and O–H groups in total. The molecule has 0 aromatic carbocycles. The van der Waals surface area contributed by atoms with Crippen molar-refractivity contribution in [1.29, 1.82) is 0 Å². The monoisotopic (exact) mass is 197 g/mol. The third-order valence-corrected chi connectivity index (χ3v) is 1.53. The molecule has 5 heteroatoms. The zero-order valence-electron chi connectivity index (χ0n) is 6.83. The van der Waals surface area contributed by atoms with Crippen molar-refractivity contribution in [3.8, 4) is 12.3 Å². The van der Waals surface area contributed by atoms with Crippen molar-refractivity contribution in [1.82, 2.24) is 9.78 Å². The first-order valence-electron chi connectivity index (χ1n) is 3.58. The van der Waals surface area contributed by atoms with Crippen LogP contribution in [-0.2, 0) is 11.3 Å². The van der Waals surface area contributed by atoms with Gasteiger partial charge in [-0.1, -0.05) is 5.92 Å². The largest absolute Gasteiger partial charge is 0.322 e. The van der Waals surface area contributed by atoms with E-state index in [1.165, 1.54) is 6.20 Å². The summed E-state index contributed by atoms with van der Waals surface area (Å²) in [6.07, 6.45) is 8.24. The van der Waals surface area contributed by atoms with Gasteiger partial charge in [-0.05, 0) is 0 Å². The van der Waals surface area contributed by atoms with E-state index in [-0.39, 0.29) is 11.8 Å². The number of carbonyl (C=O) groups is 1. The summed E-state index contributed by atoms with van der Waals surface area (Å²) in [7, 11) is 0. The van der Waals surface area contributed by atoms with E-state index < -0.39 is 0 Å². The predicted octanol–water partition coefficient (Wildman–Crippen LogP) is 0.694. The molecule has 1 amide bonds. The van der Waals surface area contributed by atoms with Crippen LogP contribution in [0.2, 0.25) is 0 Å². The van der Waals surface area contributed by atoms with Crippen LogP contribution in [0.3, 0.4) is 0 Å². The normalized spacial score (nSPS) is 9.23. The highest BCUT2D eigenvalue weighted by Crippen LogP contribution is 2.04. The molecule has 1 aromatic rings. The maximum absolute atomic E-state index is 10.8. The van der Waals surface area contributed by atoms with Crippen molar-refractivity contribution in [2.24, 2.45) is 0 Å². The number of halogens is 1. The molecule has 0 bridgehead atoms. The van der Waals surface area contributed by atoms with Crippen LogP contribution in [0.4, 0.5) is 5.69 Å². The Kier molecular flexibility index (Phi) is 3.35. The number of rotatable bonds is 3. The quantitative estimate of drug-likeness (QED) is 0.573. The van der Waals surface area contributed by atoms with E-state index in [2.05, 4.69) is 16.3 Å². The topological polar surface area (TPSA) is 46.9 Å². The maximum atomic E-state index is 10.8. The lowest BCUT2D eigenvalue weighted by molar-refractivity contribution is -0.113. The van der Waals surface area contributed by atoms with Gasteiger partial charge in [-0.3, -0.25) is 9.48 Å². The molecular weight excluding hydrogens is 190 g/mol. The van der Waals surface area contributed by atoms with Gasteiger partial charge >= 0.3 is 0 Å². The summed E-state index contributed by atoms with van der Waals surface area (Å²) in [6, 6.07) is 0. The first-order valence-corrected chi connectivity index (χ1v) is 4.11. The van der Waals surface area contributed by atoms with Crippen LogP contribution >= 0.6 is 11.6 Å². The lowest BCUT2D eigenvalue weighted by atomic mass is 10.5. The summed E-state index contributed by atoms with van der Waals surface area (Å²) >= 11 is 5.30. The van der Waals surface area contributed by atoms with E-state index in [0.29, 0.717) is 12.2 Å². The van der Waals surface area contributed by atoms with Crippen molar-refractivity contribution in [2.75, 3.05) is 11.2 Å². The minimum absolute atomic E-state index is 0.0691. The van der Waals surface area contributed by atoms with Gasteiger partial charge in [0, 0.05) is 6.20 Å². The summed E-state index contributed by atoms with van der Waals surface area (Å²) in [5, 5.41) is 6.46. The van der Waals surface area contributed by atoms with Gasteiger partial charge in [-0.2, -0.15) is 5.10 Å². The number of anilines is 1. The van der Waals surface area contributed by atoms with Crippen LogP contribution in [0.15, 0.2) is 12.4 Å². The van der Waals surface area contributed by atoms with Gasteiger partial charge < -0.3 is 5.32 Å². The summed E-state index contributed by atoms with van der Waals surface area (Å²) in [5.41, 5.74) is 0.598. The fraction of sp³-hybridized carbons (Fsp3) is 0.250. The van der Waals surface area contributed by atoms with E-state index in [1.807, 2.05) is 0 Å². The third kappa shape index (κ3) is 2.80. The Labute approximate surface area is 80.9 Å². The molecular formula is C8H8ClN3O. The number of aromatic nitrogens is 2. The highest BCUT2D eigenvalue weighted by molar-refractivity contribution is 6.29. The van der Waals surface area contributed by atoms with Crippen LogP contribution in [0.1, 0.15) is 0 Å². The summed E-state index contributed by atoms with van der Waals surface area (Å²) < 4.78 is 1.55. The molecule has 0 radical (unpaired) electrons. The highest BCUT2D eigenvalue weighted by atomic mass is 35.5. The zero-order chi connectivity index (χ0) is 9.68. The Morgan fingerprint density at radius 1 is 1.85 bits per heavy atom. The Hall–Kier alpha value is -1.47. The van der Waals surface area contributed by atoms with Crippen LogP contribution in [0.25, 0.3) is 0 Å². The van der Waals surface area contributed by atoms with Crippen LogP contribution in [-0.4, -0.2) is 21.6 Å². The predicted molar refractivity (Wildman–Crippen MR) is 50.4 cm³/mol. The minimum Gasteiger partial charge on any atom is -0.322 e. The van der Waals surface area contributed by atoms with Gasteiger partial charge in [0.05, 0.1) is 11.9 Å². The number of nitrogens with zero attached hydrogens (tertiary/aromatic N) is 2. The van der Waals surface area contributed by atoms with E-state index in [9.17, 15) is 4.79 Å². The number of nitrogens with one attached hydrogen (secondary N) is 1. The third-order valence-electron chi connectivity index (χ3n) is 1.29. The average molecular weight is 198 g/mol. The van der Waals surface area contributed by atoms with Gasteiger partial charge in [0.2, 0.25) is 5.91 Å². The van der Waals surface area contributed by atoms with Gasteiger partial charge in [0.1, 0.15) is 12.4 Å². The first kappa shape index (κ1) is 9.62. The Bertz CT molecular complexity index is 339. The van der Waals surface area contributed by atoms with Crippen molar-refractivity contribution >= 4 is 23.2 Å². The lowest BCUT2D eigenvalue weighted by Gasteiger charge is -1.96. The Morgan fingerprint density at radius 2 is 2.62 bits per heavy atom. The molecule has 0 saturated carbocycles. The number of hydrogen-bond acceptors (Lipinski definition) is 2. The zero-order valence-corrected chi connectivity index (χ0v) is 7.58.